The van der Waals surface area contributed by atoms with E-state index in [1.807, 2.05) is 0 Å². The molecule has 1 saturated carbocycles. The average Bonchev–Trinajstić information content (AvgIpc) is 3.59. The number of benzene rings is 2. The van der Waals surface area contributed by atoms with Crippen LogP contribution in [-0.2, 0) is 21.3 Å². The lowest BCUT2D eigenvalue weighted by Crippen LogP contribution is -2.32. The molecule has 14 nitrogen and oxygen atoms in total. The van der Waals surface area contributed by atoms with E-state index < -0.39 is 48.9 Å². The summed E-state index contributed by atoms with van der Waals surface area (Å²) in [4.78, 5) is 18.9. The predicted molar refractivity (Wildman–Crippen MR) is 180 cm³/mol. The minimum absolute atomic E-state index is 0.0143. The van der Waals surface area contributed by atoms with Crippen LogP contribution in [0.25, 0.3) is 0 Å². The Morgan fingerprint density at radius 2 is 1.88 bits per heavy atom. The van der Waals surface area contributed by atoms with Gasteiger partial charge in [0.25, 0.3) is 10.0 Å². The van der Waals surface area contributed by atoms with Crippen molar-refractivity contribution >= 4 is 33.3 Å². The number of nitrogens with zero attached hydrogens (tertiary/aromatic N) is 6. The Morgan fingerprint density at radius 1 is 1.08 bits per heavy atom. The standard InChI is InChI=1S/C33H36ClFN6O8S/c1-46-22-11-10-21(27(17-22)47-2)18-40(29-14-15-36-20-37-29)50(44,45)28-13-12-26(31(34)32(28)35)49-25-8-4-3-7-23(25)24-19-39(38-33(24)41(42)43)30-9-5-6-16-48-30/h10-15,17,19-20,23,25,30H,3-9,16,18H2,1-2H3/t23-,25+,30?/m1/s1. The number of hydrogen-bond acceptors (Lipinski definition) is 11. The lowest BCUT2D eigenvalue weighted by Gasteiger charge is -2.31. The van der Waals surface area contributed by atoms with Gasteiger partial charge in [-0.25, -0.2) is 27.1 Å². The highest BCUT2D eigenvalue weighted by Gasteiger charge is 2.38. The first-order valence-electron chi connectivity index (χ1n) is 16.1. The van der Waals surface area contributed by atoms with E-state index >= 15 is 4.39 Å². The van der Waals surface area contributed by atoms with E-state index in [1.165, 1.54) is 43.6 Å². The summed E-state index contributed by atoms with van der Waals surface area (Å²) in [6.07, 6.45) is 8.35. The van der Waals surface area contributed by atoms with Crippen molar-refractivity contribution in [1.29, 1.82) is 0 Å². The van der Waals surface area contributed by atoms with Gasteiger partial charge in [-0.1, -0.05) is 18.0 Å². The van der Waals surface area contributed by atoms with E-state index in [-0.39, 0.29) is 23.9 Å². The fourth-order valence-corrected chi connectivity index (χ4v) is 8.15. The first-order valence-corrected chi connectivity index (χ1v) is 17.9. The molecule has 2 fully saturated rings. The second-order valence-corrected chi connectivity index (χ2v) is 14.2. The Bertz CT molecular complexity index is 1940. The first-order chi connectivity index (χ1) is 24.1. The normalized spacial score (nSPS) is 19.5. The summed E-state index contributed by atoms with van der Waals surface area (Å²) in [5.41, 5.74) is 0.858. The van der Waals surface area contributed by atoms with E-state index in [2.05, 4.69) is 15.1 Å². The third-order valence-corrected chi connectivity index (χ3v) is 11.1. The van der Waals surface area contributed by atoms with Crippen LogP contribution < -0.4 is 18.5 Å². The SMILES string of the molecule is COc1ccc(CN(c2ccncn2)S(=O)(=O)c2ccc(O[C@H]3CCCC[C@@H]3c3cn(C4CCCCO4)nc3[N+](=O)[O-])c(Cl)c2F)c(OC)c1. The molecule has 1 saturated heterocycles. The minimum atomic E-state index is -4.63. The molecule has 2 aromatic carbocycles. The molecule has 0 amide bonds. The highest BCUT2D eigenvalue weighted by atomic mass is 35.5. The molecule has 1 aliphatic carbocycles. The van der Waals surface area contributed by atoms with Crippen molar-refractivity contribution in [2.24, 2.45) is 0 Å². The van der Waals surface area contributed by atoms with Gasteiger partial charge in [-0.15, -0.1) is 0 Å². The lowest BCUT2D eigenvalue weighted by molar-refractivity contribution is -0.391. The van der Waals surface area contributed by atoms with Gasteiger partial charge in [0.15, 0.2) is 12.0 Å². The maximum Gasteiger partial charge on any atom is 0.393 e. The molecule has 6 rings (SSSR count). The molecule has 0 radical (unpaired) electrons. The van der Waals surface area contributed by atoms with Gasteiger partial charge < -0.3 is 29.1 Å². The molecule has 3 heterocycles. The smallest absolute Gasteiger partial charge is 0.393 e. The third kappa shape index (κ3) is 7.18. The van der Waals surface area contributed by atoms with Crippen LogP contribution in [-0.4, -0.2) is 60.0 Å². The quantitative estimate of drug-likeness (QED) is 0.114. The van der Waals surface area contributed by atoms with Crippen LogP contribution >= 0.6 is 11.6 Å². The number of aromatic nitrogens is 4. The number of sulfonamides is 1. The molecular weight excluding hydrogens is 695 g/mol. The van der Waals surface area contributed by atoms with Gasteiger partial charge in [0, 0.05) is 36.4 Å². The number of halogens is 2. The van der Waals surface area contributed by atoms with Crippen LogP contribution in [0.1, 0.15) is 68.2 Å². The van der Waals surface area contributed by atoms with Crippen molar-refractivity contribution in [1.82, 2.24) is 19.7 Å². The van der Waals surface area contributed by atoms with Gasteiger partial charge in [0.2, 0.25) is 0 Å². The molecule has 17 heteroatoms. The van der Waals surface area contributed by atoms with Crippen molar-refractivity contribution in [2.45, 2.75) is 74.6 Å². The third-order valence-electron chi connectivity index (χ3n) is 8.95. The van der Waals surface area contributed by atoms with E-state index in [0.717, 1.165) is 36.1 Å². The molecule has 2 aliphatic rings. The molecule has 50 heavy (non-hydrogen) atoms. The minimum Gasteiger partial charge on any atom is -0.497 e. The molecule has 2 aromatic heterocycles. The first kappa shape index (κ1) is 35.3. The van der Waals surface area contributed by atoms with Crippen LogP contribution in [0.3, 0.4) is 0 Å². The van der Waals surface area contributed by atoms with Crippen molar-refractivity contribution in [2.75, 3.05) is 25.1 Å². The Labute approximate surface area is 293 Å². The summed E-state index contributed by atoms with van der Waals surface area (Å²) < 4.78 is 69.8. The zero-order valence-corrected chi connectivity index (χ0v) is 29.0. The van der Waals surface area contributed by atoms with Crippen LogP contribution in [0.15, 0.2) is 60.0 Å². The van der Waals surface area contributed by atoms with Gasteiger partial charge in [-0.05, 0) is 67.7 Å². The van der Waals surface area contributed by atoms with Crippen LogP contribution in [0.4, 0.5) is 16.0 Å². The van der Waals surface area contributed by atoms with Crippen LogP contribution in [0.2, 0.25) is 5.02 Å². The lowest BCUT2D eigenvalue weighted by atomic mass is 9.82. The van der Waals surface area contributed by atoms with Crippen molar-refractivity contribution in [3.63, 3.8) is 0 Å². The molecule has 0 spiro atoms. The van der Waals surface area contributed by atoms with Crippen molar-refractivity contribution in [3.8, 4) is 17.2 Å². The number of anilines is 1. The molecule has 0 N–H and O–H groups in total. The average molecular weight is 731 g/mol. The molecule has 3 atom stereocenters. The molecule has 1 aliphatic heterocycles. The number of rotatable bonds is 12. The van der Waals surface area contributed by atoms with Crippen molar-refractivity contribution in [3.05, 3.63) is 87.2 Å². The Morgan fingerprint density at radius 3 is 2.58 bits per heavy atom. The van der Waals surface area contributed by atoms with E-state index in [1.54, 1.807) is 24.4 Å². The second-order valence-electron chi connectivity index (χ2n) is 12.0. The maximum absolute atomic E-state index is 16.2. The monoisotopic (exact) mass is 730 g/mol. The van der Waals surface area contributed by atoms with Crippen LogP contribution in [0, 0.1) is 15.9 Å². The molecule has 4 aromatic rings. The topological polar surface area (TPSA) is 161 Å². The summed E-state index contributed by atoms with van der Waals surface area (Å²) >= 11 is 6.51. The zero-order valence-electron chi connectivity index (χ0n) is 27.4. The summed E-state index contributed by atoms with van der Waals surface area (Å²) in [6, 6.07) is 8.65. The molecule has 0 bridgehead atoms. The highest BCUT2D eigenvalue weighted by Crippen LogP contribution is 2.42. The predicted octanol–water partition coefficient (Wildman–Crippen LogP) is 6.59. The number of nitro groups is 1. The Kier molecular flexibility index (Phi) is 10.7. The van der Waals surface area contributed by atoms with Crippen molar-refractivity contribution < 1.29 is 36.7 Å². The van der Waals surface area contributed by atoms with E-state index in [9.17, 15) is 18.5 Å². The van der Waals surface area contributed by atoms with Gasteiger partial charge >= 0.3 is 5.82 Å². The maximum atomic E-state index is 16.2. The molecule has 266 valence electrons. The molecular formula is C33H36ClFN6O8S. The van der Waals surface area contributed by atoms with Gasteiger partial charge in [0.1, 0.15) is 45.4 Å². The number of methoxy groups -OCH3 is 2. The Hall–Kier alpha value is -4.54. The summed E-state index contributed by atoms with van der Waals surface area (Å²) in [7, 11) is -1.70. The van der Waals surface area contributed by atoms with E-state index in [0.29, 0.717) is 48.5 Å². The van der Waals surface area contributed by atoms with E-state index in [4.69, 9.17) is 30.5 Å². The fraction of sp³-hybridized carbons (Fsp3) is 0.424. The van der Waals surface area contributed by atoms with Gasteiger partial charge in [-0.2, -0.15) is 4.68 Å². The number of hydrogen-bond donors (Lipinski definition) is 0. The zero-order chi connectivity index (χ0) is 35.4. The number of ether oxygens (including phenoxy) is 4. The summed E-state index contributed by atoms with van der Waals surface area (Å²) in [5.74, 6) is -1.20. The van der Waals surface area contributed by atoms with Crippen LogP contribution in [0.5, 0.6) is 17.2 Å². The second kappa shape index (κ2) is 15.1. The van der Waals surface area contributed by atoms with Gasteiger partial charge in [-0.3, -0.25) is 0 Å². The largest absolute Gasteiger partial charge is 0.497 e. The summed E-state index contributed by atoms with van der Waals surface area (Å²) in [6.45, 7) is 0.273. The van der Waals surface area contributed by atoms with Gasteiger partial charge in [0.05, 0.1) is 37.6 Å². The Balaban J connectivity index is 1.31. The molecule has 1 unspecified atom stereocenters. The fourth-order valence-electron chi connectivity index (χ4n) is 6.42. The highest BCUT2D eigenvalue weighted by molar-refractivity contribution is 7.92. The summed E-state index contributed by atoms with van der Waals surface area (Å²) in [5, 5.41) is 15.8.